The topological polar surface area (TPSA) is 12.0 Å². The van der Waals surface area contributed by atoms with Crippen molar-refractivity contribution >= 4 is 5.69 Å². The smallest absolute Gasteiger partial charge is 0.0337 e. The Morgan fingerprint density at radius 2 is 1.52 bits per heavy atom. The van der Waals surface area contributed by atoms with Crippen LogP contribution in [0.15, 0.2) is 48.5 Å². The fourth-order valence-electron chi connectivity index (χ4n) is 3.51. The minimum Gasteiger partial charge on any atom is -0.388 e. The maximum Gasteiger partial charge on any atom is 0.0337 e. The van der Waals surface area contributed by atoms with Gasteiger partial charge in [-0.25, -0.2) is 0 Å². The molecule has 0 aliphatic heterocycles. The number of rotatable bonds is 4. The van der Waals surface area contributed by atoms with Gasteiger partial charge in [-0.3, -0.25) is 0 Å². The van der Waals surface area contributed by atoms with Crippen LogP contribution < -0.4 is 5.32 Å². The molecule has 3 rings (SSSR count). The standard InChI is InChI=1S/C20H25N/c1-15-3-4-17(13-15)14-16-5-7-18(8-6-16)19-9-11-20(21-2)12-10-19/h5-12,15,17,21H,3-4,13-14H2,1-2H3. The van der Waals surface area contributed by atoms with Crippen molar-refractivity contribution in [2.24, 2.45) is 11.8 Å². The van der Waals surface area contributed by atoms with Crippen molar-refractivity contribution in [2.45, 2.75) is 32.6 Å². The van der Waals surface area contributed by atoms with Crippen LogP contribution in [-0.4, -0.2) is 7.05 Å². The minimum atomic E-state index is 0.903. The lowest BCUT2D eigenvalue weighted by Crippen LogP contribution is -1.99. The van der Waals surface area contributed by atoms with Crippen molar-refractivity contribution in [2.75, 3.05) is 12.4 Å². The monoisotopic (exact) mass is 279 g/mol. The third-order valence-corrected chi connectivity index (χ3v) is 4.79. The highest BCUT2D eigenvalue weighted by Crippen LogP contribution is 2.33. The Labute approximate surface area is 128 Å². The van der Waals surface area contributed by atoms with E-state index in [4.69, 9.17) is 0 Å². The predicted molar refractivity (Wildman–Crippen MR) is 91.6 cm³/mol. The Bertz CT molecular complexity index is 568. The first kappa shape index (κ1) is 14.2. The molecule has 0 spiro atoms. The van der Waals surface area contributed by atoms with Gasteiger partial charge in [0.1, 0.15) is 0 Å². The summed E-state index contributed by atoms with van der Waals surface area (Å²) >= 11 is 0. The van der Waals surface area contributed by atoms with Crippen LogP contribution >= 0.6 is 0 Å². The SMILES string of the molecule is CNc1ccc(-c2ccc(CC3CCC(C)C3)cc2)cc1. The van der Waals surface area contributed by atoms with Crippen molar-refractivity contribution in [1.82, 2.24) is 0 Å². The van der Waals surface area contributed by atoms with Crippen LogP contribution in [0.25, 0.3) is 11.1 Å². The molecule has 0 heterocycles. The van der Waals surface area contributed by atoms with Crippen molar-refractivity contribution in [1.29, 1.82) is 0 Å². The van der Waals surface area contributed by atoms with Crippen molar-refractivity contribution < 1.29 is 0 Å². The van der Waals surface area contributed by atoms with Gasteiger partial charge in [0.25, 0.3) is 0 Å². The van der Waals surface area contributed by atoms with Gasteiger partial charge in [-0.2, -0.15) is 0 Å². The van der Waals surface area contributed by atoms with Crippen LogP contribution in [0.1, 0.15) is 31.7 Å². The summed E-state index contributed by atoms with van der Waals surface area (Å²) in [6.45, 7) is 2.39. The highest BCUT2D eigenvalue weighted by molar-refractivity contribution is 5.66. The van der Waals surface area contributed by atoms with Crippen LogP contribution in [0.3, 0.4) is 0 Å². The van der Waals surface area contributed by atoms with E-state index in [0.717, 1.165) is 17.5 Å². The molecule has 110 valence electrons. The summed E-state index contributed by atoms with van der Waals surface area (Å²) in [6.07, 6.45) is 5.49. The normalized spacial score (nSPS) is 21.4. The molecule has 0 radical (unpaired) electrons. The molecule has 0 amide bonds. The quantitative estimate of drug-likeness (QED) is 0.793. The minimum absolute atomic E-state index is 0.903. The zero-order valence-electron chi connectivity index (χ0n) is 13.1. The van der Waals surface area contributed by atoms with Gasteiger partial charge in [0, 0.05) is 12.7 Å². The summed E-state index contributed by atoms with van der Waals surface area (Å²) in [5.74, 6) is 1.83. The lowest BCUT2D eigenvalue weighted by Gasteiger charge is -2.10. The average Bonchev–Trinajstić information content (AvgIpc) is 2.93. The second kappa shape index (κ2) is 6.34. The van der Waals surface area contributed by atoms with Gasteiger partial charge in [-0.1, -0.05) is 49.7 Å². The number of anilines is 1. The Kier molecular flexibility index (Phi) is 4.28. The van der Waals surface area contributed by atoms with Gasteiger partial charge < -0.3 is 5.32 Å². The number of nitrogens with one attached hydrogen (secondary N) is 1. The van der Waals surface area contributed by atoms with Crippen LogP contribution in [-0.2, 0) is 6.42 Å². The molecule has 0 aromatic heterocycles. The van der Waals surface area contributed by atoms with Crippen LogP contribution in [0.4, 0.5) is 5.69 Å². The Morgan fingerprint density at radius 1 is 0.905 bits per heavy atom. The first-order valence-corrected chi connectivity index (χ1v) is 8.11. The van der Waals surface area contributed by atoms with E-state index in [2.05, 4.69) is 60.8 Å². The zero-order chi connectivity index (χ0) is 14.7. The van der Waals surface area contributed by atoms with E-state index < -0.39 is 0 Å². The molecule has 1 fully saturated rings. The molecule has 0 saturated heterocycles. The van der Waals surface area contributed by atoms with Gasteiger partial charge >= 0.3 is 0 Å². The maximum absolute atomic E-state index is 3.16. The largest absolute Gasteiger partial charge is 0.388 e. The molecule has 1 aliphatic rings. The van der Waals surface area contributed by atoms with E-state index in [-0.39, 0.29) is 0 Å². The molecular weight excluding hydrogens is 254 g/mol. The van der Waals surface area contributed by atoms with Crippen LogP contribution in [0, 0.1) is 11.8 Å². The summed E-state index contributed by atoms with van der Waals surface area (Å²) < 4.78 is 0. The maximum atomic E-state index is 3.16. The van der Waals surface area contributed by atoms with Crippen LogP contribution in [0.2, 0.25) is 0 Å². The average molecular weight is 279 g/mol. The Balaban J connectivity index is 1.68. The molecule has 2 atom stereocenters. The third-order valence-electron chi connectivity index (χ3n) is 4.79. The summed E-state index contributed by atoms with van der Waals surface area (Å²) in [4.78, 5) is 0. The Hall–Kier alpha value is -1.76. The molecule has 1 saturated carbocycles. The fourth-order valence-corrected chi connectivity index (χ4v) is 3.51. The second-order valence-electron chi connectivity index (χ2n) is 6.51. The summed E-state index contributed by atoms with van der Waals surface area (Å²) in [7, 11) is 1.95. The van der Waals surface area contributed by atoms with Gasteiger partial charge in [-0.15, -0.1) is 0 Å². The summed E-state index contributed by atoms with van der Waals surface area (Å²) in [5.41, 5.74) is 5.24. The summed E-state index contributed by atoms with van der Waals surface area (Å²) in [5, 5.41) is 3.16. The molecule has 1 heteroatoms. The highest BCUT2D eigenvalue weighted by atomic mass is 14.8. The summed E-state index contributed by atoms with van der Waals surface area (Å²) in [6, 6.07) is 17.8. The molecule has 1 nitrogen and oxygen atoms in total. The van der Waals surface area contributed by atoms with Gasteiger partial charge in [0.05, 0.1) is 0 Å². The molecule has 1 N–H and O–H groups in total. The van der Waals surface area contributed by atoms with E-state index >= 15 is 0 Å². The molecule has 2 unspecified atom stereocenters. The van der Waals surface area contributed by atoms with Gasteiger partial charge in [0.2, 0.25) is 0 Å². The van der Waals surface area contributed by atoms with Gasteiger partial charge in [0.15, 0.2) is 0 Å². The Morgan fingerprint density at radius 3 is 2.05 bits per heavy atom. The van der Waals surface area contributed by atoms with Crippen LogP contribution in [0.5, 0.6) is 0 Å². The number of hydrogen-bond acceptors (Lipinski definition) is 1. The number of benzene rings is 2. The second-order valence-corrected chi connectivity index (χ2v) is 6.51. The lowest BCUT2D eigenvalue weighted by molar-refractivity contribution is 0.513. The van der Waals surface area contributed by atoms with E-state index in [1.807, 2.05) is 7.05 Å². The van der Waals surface area contributed by atoms with E-state index in [0.29, 0.717) is 0 Å². The molecule has 1 aliphatic carbocycles. The molecule has 2 aromatic rings. The van der Waals surface area contributed by atoms with Crippen molar-refractivity contribution in [3.8, 4) is 11.1 Å². The highest BCUT2D eigenvalue weighted by Gasteiger charge is 2.21. The van der Waals surface area contributed by atoms with Gasteiger partial charge in [-0.05, 0) is 59.9 Å². The van der Waals surface area contributed by atoms with Crippen molar-refractivity contribution in [3.63, 3.8) is 0 Å². The van der Waals surface area contributed by atoms with Crippen molar-refractivity contribution in [3.05, 3.63) is 54.1 Å². The first-order chi connectivity index (χ1) is 10.2. The fraction of sp³-hybridized carbons (Fsp3) is 0.400. The zero-order valence-corrected chi connectivity index (χ0v) is 13.1. The lowest BCUT2D eigenvalue weighted by atomic mass is 9.95. The first-order valence-electron chi connectivity index (χ1n) is 8.11. The molecule has 21 heavy (non-hydrogen) atoms. The number of hydrogen-bond donors (Lipinski definition) is 1. The van der Waals surface area contributed by atoms with E-state index in [1.165, 1.54) is 42.4 Å². The van der Waals surface area contributed by atoms with E-state index in [1.54, 1.807) is 0 Å². The molecule has 2 aromatic carbocycles. The van der Waals surface area contributed by atoms with E-state index in [9.17, 15) is 0 Å². The molecular formula is C20H25N. The third kappa shape index (κ3) is 3.47. The molecule has 0 bridgehead atoms. The predicted octanol–water partition coefficient (Wildman–Crippen LogP) is 5.37.